The van der Waals surface area contributed by atoms with Gasteiger partial charge >= 0.3 is 0 Å². The molecule has 9 aromatic rings. The SMILES string of the molecule is c1ccc(-c2nc(-c3c4ccccc4c(-c4ccccc4)c4oc5ccccc5c34)nc3c2ccc2ccccc23)cc1. The largest absolute Gasteiger partial charge is 0.455 e. The predicted octanol–water partition coefficient (Wildman–Crippen LogP) is 10.8. The molecule has 0 radical (unpaired) electrons. The number of hydrogen-bond acceptors (Lipinski definition) is 3. The van der Waals surface area contributed by atoms with Crippen LogP contribution < -0.4 is 0 Å². The highest BCUT2D eigenvalue weighted by atomic mass is 16.3. The Morgan fingerprint density at radius 2 is 1.02 bits per heavy atom. The lowest BCUT2D eigenvalue weighted by Gasteiger charge is -2.16. The van der Waals surface area contributed by atoms with Gasteiger partial charge in [0.15, 0.2) is 5.82 Å². The zero-order valence-corrected chi connectivity index (χ0v) is 23.2. The van der Waals surface area contributed by atoms with Gasteiger partial charge in [-0.15, -0.1) is 0 Å². The fourth-order valence-corrected chi connectivity index (χ4v) is 6.56. The van der Waals surface area contributed by atoms with Crippen molar-refractivity contribution in [2.75, 3.05) is 0 Å². The molecule has 9 rings (SSSR count). The molecule has 7 aromatic carbocycles. The van der Waals surface area contributed by atoms with Crippen LogP contribution in [0, 0.1) is 0 Å². The van der Waals surface area contributed by atoms with Crippen molar-refractivity contribution in [3.63, 3.8) is 0 Å². The van der Waals surface area contributed by atoms with Gasteiger partial charge in [0.1, 0.15) is 11.2 Å². The molecule has 2 aromatic heterocycles. The number of furan rings is 1. The molecule has 0 amide bonds. The van der Waals surface area contributed by atoms with Crippen molar-refractivity contribution < 1.29 is 4.42 Å². The van der Waals surface area contributed by atoms with Gasteiger partial charge in [0.2, 0.25) is 0 Å². The summed E-state index contributed by atoms with van der Waals surface area (Å²) >= 11 is 0. The molecule has 0 bridgehead atoms. The van der Waals surface area contributed by atoms with E-state index in [1.807, 2.05) is 24.3 Å². The summed E-state index contributed by atoms with van der Waals surface area (Å²) < 4.78 is 6.73. The van der Waals surface area contributed by atoms with Crippen LogP contribution in [-0.4, -0.2) is 9.97 Å². The second-order valence-electron chi connectivity index (χ2n) is 10.9. The third-order valence-corrected chi connectivity index (χ3v) is 8.46. The van der Waals surface area contributed by atoms with E-state index in [0.29, 0.717) is 5.82 Å². The highest BCUT2D eigenvalue weighted by Gasteiger charge is 2.24. The highest BCUT2D eigenvalue weighted by Crippen LogP contribution is 2.47. The summed E-state index contributed by atoms with van der Waals surface area (Å²) in [6.07, 6.45) is 0. The van der Waals surface area contributed by atoms with Crippen LogP contribution in [0.25, 0.3) is 88.2 Å². The number of fused-ring (bicyclic) bond motifs is 7. The predicted molar refractivity (Wildman–Crippen MR) is 178 cm³/mol. The number of aromatic nitrogens is 2. The van der Waals surface area contributed by atoms with Gasteiger partial charge in [0, 0.05) is 38.2 Å². The van der Waals surface area contributed by atoms with E-state index < -0.39 is 0 Å². The van der Waals surface area contributed by atoms with E-state index in [0.717, 1.165) is 82.3 Å². The monoisotopic (exact) mass is 548 g/mol. The van der Waals surface area contributed by atoms with Gasteiger partial charge < -0.3 is 4.42 Å². The van der Waals surface area contributed by atoms with Gasteiger partial charge in [0.25, 0.3) is 0 Å². The second-order valence-corrected chi connectivity index (χ2v) is 10.9. The molecule has 3 nitrogen and oxygen atoms in total. The molecule has 0 N–H and O–H groups in total. The maximum Gasteiger partial charge on any atom is 0.161 e. The number of para-hydroxylation sites is 1. The molecule has 0 unspecified atom stereocenters. The molecule has 0 saturated carbocycles. The summed E-state index contributed by atoms with van der Waals surface area (Å²) in [5.41, 5.74) is 7.81. The van der Waals surface area contributed by atoms with Crippen LogP contribution in [0.1, 0.15) is 0 Å². The van der Waals surface area contributed by atoms with Gasteiger partial charge in [-0.1, -0.05) is 133 Å². The zero-order chi connectivity index (χ0) is 28.3. The van der Waals surface area contributed by atoms with Crippen LogP contribution in [0.3, 0.4) is 0 Å². The summed E-state index contributed by atoms with van der Waals surface area (Å²) in [7, 11) is 0. The van der Waals surface area contributed by atoms with E-state index in [4.69, 9.17) is 14.4 Å². The molecule has 0 aliphatic heterocycles. The minimum absolute atomic E-state index is 0.690. The third-order valence-electron chi connectivity index (χ3n) is 8.46. The Hall–Kier alpha value is -5.80. The maximum atomic E-state index is 6.73. The molecular weight excluding hydrogens is 524 g/mol. The lowest BCUT2D eigenvalue weighted by Crippen LogP contribution is -1.98. The van der Waals surface area contributed by atoms with Crippen molar-refractivity contribution in [1.29, 1.82) is 0 Å². The van der Waals surface area contributed by atoms with Crippen molar-refractivity contribution in [2.45, 2.75) is 0 Å². The molecule has 3 heteroatoms. The topological polar surface area (TPSA) is 38.9 Å². The quantitative estimate of drug-likeness (QED) is 0.206. The van der Waals surface area contributed by atoms with Crippen molar-refractivity contribution >= 4 is 54.4 Å². The van der Waals surface area contributed by atoms with Gasteiger partial charge in [-0.05, 0) is 33.9 Å². The van der Waals surface area contributed by atoms with E-state index in [9.17, 15) is 0 Å². The van der Waals surface area contributed by atoms with E-state index >= 15 is 0 Å². The van der Waals surface area contributed by atoms with Gasteiger partial charge in [-0.3, -0.25) is 0 Å². The second kappa shape index (κ2) is 9.37. The van der Waals surface area contributed by atoms with Gasteiger partial charge in [-0.2, -0.15) is 0 Å². The van der Waals surface area contributed by atoms with Crippen LogP contribution in [0.5, 0.6) is 0 Å². The van der Waals surface area contributed by atoms with Crippen LogP contribution >= 0.6 is 0 Å². The molecule has 43 heavy (non-hydrogen) atoms. The van der Waals surface area contributed by atoms with Crippen LogP contribution in [-0.2, 0) is 0 Å². The Kier molecular flexibility index (Phi) is 5.20. The van der Waals surface area contributed by atoms with E-state index in [1.165, 1.54) is 0 Å². The number of benzene rings is 7. The third kappa shape index (κ3) is 3.62. The van der Waals surface area contributed by atoms with Crippen molar-refractivity contribution in [3.05, 3.63) is 146 Å². The smallest absolute Gasteiger partial charge is 0.161 e. The Morgan fingerprint density at radius 1 is 0.419 bits per heavy atom. The molecule has 2 heterocycles. The molecule has 0 saturated heterocycles. The first-order chi connectivity index (χ1) is 21.3. The average molecular weight is 549 g/mol. The molecule has 0 aliphatic carbocycles. The van der Waals surface area contributed by atoms with E-state index in [1.54, 1.807) is 0 Å². The number of hydrogen-bond donors (Lipinski definition) is 0. The Balaban J connectivity index is 1.51. The lowest BCUT2D eigenvalue weighted by atomic mass is 9.90. The summed E-state index contributed by atoms with van der Waals surface area (Å²) in [6, 6.07) is 50.6. The summed E-state index contributed by atoms with van der Waals surface area (Å²) in [4.78, 5) is 10.8. The van der Waals surface area contributed by atoms with Gasteiger partial charge in [-0.25, -0.2) is 9.97 Å². The first-order valence-electron chi connectivity index (χ1n) is 14.5. The summed E-state index contributed by atoms with van der Waals surface area (Å²) in [5.74, 6) is 0.690. The van der Waals surface area contributed by atoms with E-state index in [-0.39, 0.29) is 0 Å². The normalized spacial score (nSPS) is 11.7. The Bertz CT molecular complexity index is 2500. The maximum absolute atomic E-state index is 6.73. The molecule has 0 spiro atoms. The van der Waals surface area contributed by atoms with E-state index in [2.05, 4.69) is 121 Å². The van der Waals surface area contributed by atoms with Crippen LogP contribution in [0.2, 0.25) is 0 Å². The fraction of sp³-hybridized carbons (Fsp3) is 0. The Labute approximate surface area is 247 Å². The van der Waals surface area contributed by atoms with Crippen LogP contribution in [0.15, 0.2) is 150 Å². The van der Waals surface area contributed by atoms with Crippen LogP contribution in [0.4, 0.5) is 0 Å². The standard InChI is InChI=1S/C40H24N2O/c1-3-14-26(15-4-1)34-29-19-9-10-20-30(29)36(35-31-21-11-12-22-33(31)43-39(34)35)40-41-37(27-16-5-2-6-17-27)32-24-23-25-13-7-8-18-28(25)38(32)42-40/h1-24H. The zero-order valence-electron chi connectivity index (χ0n) is 23.2. The average Bonchev–Trinajstić information content (AvgIpc) is 3.46. The lowest BCUT2D eigenvalue weighted by molar-refractivity contribution is 0.670. The molecule has 0 atom stereocenters. The summed E-state index contributed by atoms with van der Waals surface area (Å²) in [5, 5.41) is 7.59. The van der Waals surface area contributed by atoms with Crippen molar-refractivity contribution in [1.82, 2.24) is 9.97 Å². The van der Waals surface area contributed by atoms with Crippen molar-refractivity contribution in [2.24, 2.45) is 0 Å². The highest BCUT2D eigenvalue weighted by molar-refractivity contribution is 6.26. The van der Waals surface area contributed by atoms with Gasteiger partial charge in [0.05, 0.1) is 11.2 Å². The summed E-state index contributed by atoms with van der Waals surface area (Å²) in [6.45, 7) is 0. The van der Waals surface area contributed by atoms with Crippen molar-refractivity contribution in [3.8, 4) is 33.8 Å². The number of nitrogens with zero attached hydrogens (tertiary/aromatic N) is 2. The molecule has 200 valence electrons. The first kappa shape index (κ1) is 23.9. The molecule has 0 aliphatic rings. The minimum Gasteiger partial charge on any atom is -0.455 e. The fourth-order valence-electron chi connectivity index (χ4n) is 6.56. The Morgan fingerprint density at radius 3 is 1.79 bits per heavy atom. The number of rotatable bonds is 3. The first-order valence-corrected chi connectivity index (χ1v) is 14.5. The molecule has 0 fully saturated rings. The molecular formula is C40H24N2O. The minimum atomic E-state index is 0.690.